The number of nitrogen functional groups attached to an aromatic ring is 1. The smallest absolute Gasteiger partial charge is 0.0576 e. The lowest BCUT2D eigenvalue weighted by Gasteiger charge is -2.20. The van der Waals surface area contributed by atoms with Crippen LogP contribution in [0, 0.1) is 6.92 Å². The number of hydrogen-bond acceptors (Lipinski definition) is 3. The van der Waals surface area contributed by atoms with Gasteiger partial charge in [-0.1, -0.05) is 12.6 Å². The molecule has 0 aromatic heterocycles. The number of nitrogens with two attached hydrogens (primary N) is 1. The average Bonchev–Trinajstić information content (AvgIpc) is 2.36. The Morgan fingerprint density at radius 3 is 2.84 bits per heavy atom. The van der Waals surface area contributed by atoms with Crippen LogP contribution in [-0.2, 0) is 6.42 Å². The number of rotatable bonds is 3. The number of anilines is 1. The average molecular weight is 253 g/mol. The Labute approximate surface area is 114 Å². The standard InChI is InChI=1S/C16H19N3/c1-4-18-19-8-7-14(10-13(19)3)11-15-5-6-16(17)9-12(15)2/h4-10H,3,11,17H2,1-2H3/b18-4-. The van der Waals surface area contributed by atoms with E-state index in [9.17, 15) is 0 Å². The zero-order chi connectivity index (χ0) is 13.8. The molecule has 0 spiro atoms. The molecule has 0 atom stereocenters. The molecule has 3 heteroatoms. The summed E-state index contributed by atoms with van der Waals surface area (Å²) < 4.78 is 0. The van der Waals surface area contributed by atoms with Crippen LogP contribution in [0.5, 0.6) is 0 Å². The summed E-state index contributed by atoms with van der Waals surface area (Å²) >= 11 is 0. The molecule has 2 N–H and O–H groups in total. The minimum Gasteiger partial charge on any atom is -0.399 e. The SMILES string of the molecule is C=C1C=C(Cc2ccc(N)cc2C)C=CN1/N=C\C. The van der Waals surface area contributed by atoms with Gasteiger partial charge in [-0.05, 0) is 61.3 Å². The first-order valence-electron chi connectivity index (χ1n) is 6.30. The largest absolute Gasteiger partial charge is 0.399 e. The molecule has 0 fully saturated rings. The minimum absolute atomic E-state index is 0.808. The van der Waals surface area contributed by atoms with Gasteiger partial charge in [-0.25, -0.2) is 5.01 Å². The van der Waals surface area contributed by atoms with Crippen molar-refractivity contribution in [3.05, 3.63) is 65.5 Å². The van der Waals surface area contributed by atoms with E-state index in [-0.39, 0.29) is 0 Å². The predicted molar refractivity (Wildman–Crippen MR) is 81.7 cm³/mol. The van der Waals surface area contributed by atoms with E-state index in [4.69, 9.17) is 5.73 Å². The second-order valence-electron chi connectivity index (χ2n) is 4.61. The molecule has 0 radical (unpaired) electrons. The van der Waals surface area contributed by atoms with Gasteiger partial charge >= 0.3 is 0 Å². The van der Waals surface area contributed by atoms with E-state index in [1.807, 2.05) is 25.3 Å². The molecule has 0 amide bonds. The second-order valence-corrected chi connectivity index (χ2v) is 4.61. The summed E-state index contributed by atoms with van der Waals surface area (Å²) in [6.07, 6.45) is 8.69. The Balaban J connectivity index is 2.15. The maximum absolute atomic E-state index is 5.77. The van der Waals surface area contributed by atoms with Gasteiger partial charge in [-0.3, -0.25) is 0 Å². The van der Waals surface area contributed by atoms with Gasteiger partial charge in [0.2, 0.25) is 0 Å². The summed E-state index contributed by atoms with van der Waals surface area (Å²) in [5, 5.41) is 5.96. The fourth-order valence-electron chi connectivity index (χ4n) is 2.07. The number of hydrogen-bond donors (Lipinski definition) is 1. The molecule has 0 aliphatic carbocycles. The quantitative estimate of drug-likeness (QED) is 0.662. The van der Waals surface area contributed by atoms with Gasteiger partial charge < -0.3 is 5.73 Å². The lowest BCUT2D eigenvalue weighted by atomic mass is 9.98. The van der Waals surface area contributed by atoms with Crippen LogP contribution in [-0.4, -0.2) is 11.2 Å². The summed E-state index contributed by atoms with van der Waals surface area (Å²) in [6.45, 7) is 7.98. The van der Waals surface area contributed by atoms with Crippen LogP contribution in [0.4, 0.5) is 5.69 Å². The molecule has 1 heterocycles. The van der Waals surface area contributed by atoms with E-state index in [1.54, 1.807) is 11.2 Å². The first-order valence-corrected chi connectivity index (χ1v) is 6.30. The maximum Gasteiger partial charge on any atom is 0.0576 e. The van der Waals surface area contributed by atoms with E-state index in [2.05, 4.69) is 36.8 Å². The highest BCUT2D eigenvalue weighted by atomic mass is 15.4. The monoisotopic (exact) mass is 253 g/mol. The van der Waals surface area contributed by atoms with Crippen LogP contribution in [0.3, 0.4) is 0 Å². The Morgan fingerprint density at radius 2 is 2.21 bits per heavy atom. The zero-order valence-corrected chi connectivity index (χ0v) is 11.4. The van der Waals surface area contributed by atoms with Crippen molar-refractivity contribution in [2.75, 3.05) is 5.73 Å². The van der Waals surface area contributed by atoms with E-state index in [0.717, 1.165) is 17.8 Å². The minimum atomic E-state index is 0.808. The third-order valence-electron chi connectivity index (χ3n) is 3.08. The molecular weight excluding hydrogens is 234 g/mol. The van der Waals surface area contributed by atoms with E-state index < -0.39 is 0 Å². The Bertz CT molecular complexity index is 580. The van der Waals surface area contributed by atoms with Crippen molar-refractivity contribution in [2.45, 2.75) is 20.3 Å². The lowest BCUT2D eigenvalue weighted by molar-refractivity contribution is 0.512. The summed E-state index contributed by atoms with van der Waals surface area (Å²) in [6, 6.07) is 6.03. The molecule has 1 aromatic rings. The number of benzene rings is 1. The molecule has 19 heavy (non-hydrogen) atoms. The Morgan fingerprint density at radius 1 is 1.42 bits per heavy atom. The molecule has 98 valence electrons. The van der Waals surface area contributed by atoms with E-state index in [1.165, 1.54) is 16.7 Å². The molecule has 0 saturated heterocycles. The molecular formula is C16H19N3. The summed E-state index contributed by atoms with van der Waals surface area (Å²) in [5.74, 6) is 0. The Hall–Kier alpha value is -2.29. The van der Waals surface area contributed by atoms with Gasteiger partial charge in [-0.2, -0.15) is 5.10 Å². The molecule has 2 rings (SSSR count). The van der Waals surface area contributed by atoms with Crippen molar-refractivity contribution in [3.8, 4) is 0 Å². The van der Waals surface area contributed by atoms with Gasteiger partial charge in [0.05, 0.1) is 5.70 Å². The lowest BCUT2D eigenvalue weighted by Crippen LogP contribution is -2.11. The Kier molecular flexibility index (Phi) is 3.85. The third-order valence-corrected chi connectivity index (χ3v) is 3.08. The van der Waals surface area contributed by atoms with Gasteiger partial charge in [0.15, 0.2) is 0 Å². The van der Waals surface area contributed by atoms with Crippen LogP contribution in [0.1, 0.15) is 18.1 Å². The first kappa shape index (κ1) is 13.1. The highest BCUT2D eigenvalue weighted by Gasteiger charge is 2.08. The van der Waals surface area contributed by atoms with Crippen LogP contribution in [0.25, 0.3) is 0 Å². The number of nitrogens with zero attached hydrogens (tertiary/aromatic N) is 2. The summed E-state index contributed by atoms with van der Waals surface area (Å²) in [5.41, 5.74) is 11.2. The normalized spacial score (nSPS) is 15.2. The van der Waals surface area contributed by atoms with Crippen LogP contribution < -0.4 is 5.73 Å². The fraction of sp³-hybridized carbons (Fsp3) is 0.188. The van der Waals surface area contributed by atoms with E-state index in [0.29, 0.717) is 0 Å². The number of aryl methyl sites for hydroxylation is 1. The molecule has 1 aromatic carbocycles. The van der Waals surface area contributed by atoms with Crippen molar-refractivity contribution in [3.63, 3.8) is 0 Å². The van der Waals surface area contributed by atoms with Gasteiger partial charge in [0, 0.05) is 18.1 Å². The topological polar surface area (TPSA) is 41.6 Å². The van der Waals surface area contributed by atoms with Crippen molar-refractivity contribution in [1.82, 2.24) is 5.01 Å². The fourth-order valence-corrected chi connectivity index (χ4v) is 2.07. The van der Waals surface area contributed by atoms with Gasteiger partial charge in [-0.15, -0.1) is 0 Å². The van der Waals surface area contributed by atoms with Crippen molar-refractivity contribution in [1.29, 1.82) is 0 Å². The van der Waals surface area contributed by atoms with Gasteiger partial charge in [0.1, 0.15) is 0 Å². The third kappa shape index (κ3) is 3.13. The molecule has 1 aliphatic heterocycles. The highest BCUT2D eigenvalue weighted by Crippen LogP contribution is 2.21. The second kappa shape index (κ2) is 5.57. The van der Waals surface area contributed by atoms with Crippen molar-refractivity contribution >= 4 is 11.9 Å². The highest BCUT2D eigenvalue weighted by molar-refractivity contribution is 5.53. The number of hydrazone groups is 1. The van der Waals surface area contributed by atoms with Crippen LogP contribution >= 0.6 is 0 Å². The van der Waals surface area contributed by atoms with Gasteiger partial charge in [0.25, 0.3) is 0 Å². The van der Waals surface area contributed by atoms with E-state index >= 15 is 0 Å². The molecule has 1 aliphatic rings. The van der Waals surface area contributed by atoms with Crippen molar-refractivity contribution < 1.29 is 0 Å². The molecule has 0 unspecified atom stereocenters. The van der Waals surface area contributed by atoms with Crippen LogP contribution in [0.15, 0.2) is 59.5 Å². The summed E-state index contributed by atoms with van der Waals surface area (Å²) in [7, 11) is 0. The summed E-state index contributed by atoms with van der Waals surface area (Å²) in [4.78, 5) is 0. The zero-order valence-electron chi connectivity index (χ0n) is 11.4. The van der Waals surface area contributed by atoms with Crippen LogP contribution in [0.2, 0.25) is 0 Å². The van der Waals surface area contributed by atoms with Crippen molar-refractivity contribution in [2.24, 2.45) is 5.10 Å². The maximum atomic E-state index is 5.77. The predicted octanol–water partition coefficient (Wildman–Crippen LogP) is 3.39. The molecule has 3 nitrogen and oxygen atoms in total. The first-order chi connectivity index (χ1) is 9.10. The number of allylic oxidation sites excluding steroid dienone is 3. The molecule has 0 bridgehead atoms. The molecule has 0 saturated carbocycles.